The molecule has 1 heterocycles. The lowest BCUT2D eigenvalue weighted by atomic mass is 10.0. The summed E-state index contributed by atoms with van der Waals surface area (Å²) in [5.41, 5.74) is 2.24. The number of nitrogens with two attached hydrogens (primary N) is 1. The second-order valence-corrected chi connectivity index (χ2v) is 5.09. The molecular formula is C13H12BrF3N2O. The van der Waals surface area contributed by atoms with Gasteiger partial charge in [0, 0.05) is 10.9 Å². The molecule has 0 fully saturated rings. The van der Waals surface area contributed by atoms with E-state index in [9.17, 15) is 13.2 Å². The van der Waals surface area contributed by atoms with Crippen LogP contribution in [0, 0.1) is 0 Å². The number of hydrogen-bond donors (Lipinski definition) is 2. The van der Waals surface area contributed by atoms with E-state index < -0.39 is 17.8 Å². The fourth-order valence-electron chi connectivity index (χ4n) is 1.88. The van der Waals surface area contributed by atoms with Crippen LogP contribution in [0.2, 0.25) is 0 Å². The highest BCUT2D eigenvalue weighted by Gasteiger charge is 2.31. The minimum absolute atomic E-state index is 0.351. The van der Waals surface area contributed by atoms with Gasteiger partial charge in [-0.05, 0) is 35.9 Å². The van der Waals surface area contributed by atoms with Gasteiger partial charge in [-0.25, -0.2) is 0 Å². The van der Waals surface area contributed by atoms with Gasteiger partial charge in [-0.15, -0.1) is 0 Å². The lowest BCUT2D eigenvalue weighted by Gasteiger charge is -2.18. The van der Waals surface area contributed by atoms with Crippen LogP contribution in [0.1, 0.15) is 22.9 Å². The summed E-state index contributed by atoms with van der Waals surface area (Å²) in [6.07, 6.45) is -2.53. The monoisotopic (exact) mass is 348 g/mol. The minimum Gasteiger partial charge on any atom is -0.469 e. The quantitative estimate of drug-likeness (QED) is 0.652. The second kappa shape index (κ2) is 5.99. The fourth-order valence-corrected chi connectivity index (χ4v) is 2.40. The maximum atomic E-state index is 12.8. The number of halogens is 4. The summed E-state index contributed by atoms with van der Waals surface area (Å²) in [5.74, 6) is 6.09. The van der Waals surface area contributed by atoms with Gasteiger partial charge in [0.2, 0.25) is 0 Å². The minimum atomic E-state index is -4.39. The summed E-state index contributed by atoms with van der Waals surface area (Å²) in [6, 6.07) is 6.43. The molecule has 0 amide bonds. The zero-order valence-electron chi connectivity index (χ0n) is 10.2. The third-order valence-corrected chi connectivity index (χ3v) is 3.61. The highest BCUT2D eigenvalue weighted by Crippen LogP contribution is 2.34. The first-order valence-corrected chi connectivity index (χ1v) is 6.56. The number of alkyl halides is 3. The molecule has 0 spiro atoms. The zero-order valence-corrected chi connectivity index (χ0v) is 11.8. The number of hydrazine groups is 1. The Bertz CT molecular complexity index is 569. The van der Waals surface area contributed by atoms with E-state index in [1.807, 2.05) is 0 Å². The first-order chi connectivity index (χ1) is 9.41. The van der Waals surface area contributed by atoms with Crippen molar-refractivity contribution in [3.05, 3.63) is 58.0 Å². The summed E-state index contributed by atoms with van der Waals surface area (Å²) in [5, 5.41) is 0. The molecule has 1 aromatic heterocycles. The van der Waals surface area contributed by atoms with E-state index in [0.29, 0.717) is 22.2 Å². The first-order valence-electron chi connectivity index (χ1n) is 5.77. The lowest BCUT2D eigenvalue weighted by molar-refractivity contribution is -0.137. The van der Waals surface area contributed by atoms with Crippen LogP contribution in [0.3, 0.4) is 0 Å². The number of rotatable bonds is 4. The number of hydrogen-bond acceptors (Lipinski definition) is 3. The van der Waals surface area contributed by atoms with Crippen molar-refractivity contribution in [1.29, 1.82) is 0 Å². The third kappa shape index (κ3) is 3.41. The van der Waals surface area contributed by atoms with Crippen molar-refractivity contribution in [2.24, 2.45) is 5.84 Å². The Morgan fingerprint density at radius 1 is 1.30 bits per heavy atom. The molecule has 0 saturated carbocycles. The molecule has 2 rings (SSSR count). The number of nitrogens with one attached hydrogen (secondary N) is 1. The molecule has 0 saturated heterocycles. The van der Waals surface area contributed by atoms with E-state index in [1.54, 1.807) is 12.1 Å². The molecule has 0 aliphatic rings. The fraction of sp³-hybridized carbons (Fsp3) is 0.231. The van der Waals surface area contributed by atoms with Gasteiger partial charge < -0.3 is 4.42 Å². The third-order valence-electron chi connectivity index (χ3n) is 2.89. The molecule has 3 nitrogen and oxygen atoms in total. The Labute approximate surface area is 122 Å². The second-order valence-electron chi connectivity index (χ2n) is 4.24. The molecule has 1 atom stereocenters. The van der Waals surface area contributed by atoms with Crippen LogP contribution < -0.4 is 11.3 Å². The molecule has 2 aromatic rings. The molecular weight excluding hydrogens is 337 g/mol. The Hall–Kier alpha value is -1.31. The van der Waals surface area contributed by atoms with Gasteiger partial charge in [0.15, 0.2) is 0 Å². The molecule has 108 valence electrons. The average molecular weight is 349 g/mol. The summed E-state index contributed by atoms with van der Waals surface area (Å²) in [6.45, 7) is 0. The van der Waals surface area contributed by atoms with Crippen LogP contribution in [0.4, 0.5) is 13.2 Å². The van der Waals surface area contributed by atoms with Gasteiger partial charge in [0.25, 0.3) is 0 Å². The molecule has 7 heteroatoms. The Balaban J connectivity index is 2.33. The highest BCUT2D eigenvalue weighted by atomic mass is 79.9. The van der Waals surface area contributed by atoms with Crippen molar-refractivity contribution in [2.45, 2.75) is 18.6 Å². The molecule has 0 aliphatic heterocycles. The molecule has 3 N–H and O–H groups in total. The first kappa shape index (κ1) is 15.1. The van der Waals surface area contributed by atoms with E-state index >= 15 is 0 Å². The van der Waals surface area contributed by atoms with Crippen molar-refractivity contribution >= 4 is 15.9 Å². The standard InChI is InChI=1S/C13H12BrF3N2O/c14-11-4-3-8(13(15,16)17)6-10(11)12(19-18)7-9-2-1-5-20-9/h1-6,12,19H,7,18H2. The highest BCUT2D eigenvalue weighted by molar-refractivity contribution is 9.10. The predicted molar refractivity (Wildman–Crippen MR) is 71.6 cm³/mol. The van der Waals surface area contributed by atoms with Gasteiger partial charge in [0.1, 0.15) is 5.76 Å². The lowest BCUT2D eigenvalue weighted by Crippen LogP contribution is -2.30. The predicted octanol–water partition coefficient (Wildman–Crippen LogP) is 3.81. The molecule has 0 radical (unpaired) electrons. The van der Waals surface area contributed by atoms with E-state index in [-0.39, 0.29) is 0 Å². The smallest absolute Gasteiger partial charge is 0.416 e. The zero-order chi connectivity index (χ0) is 14.8. The van der Waals surface area contributed by atoms with E-state index in [2.05, 4.69) is 21.4 Å². The van der Waals surface area contributed by atoms with Gasteiger partial charge in [0.05, 0.1) is 17.9 Å². The van der Waals surface area contributed by atoms with Crippen molar-refractivity contribution < 1.29 is 17.6 Å². The maximum Gasteiger partial charge on any atom is 0.416 e. The summed E-state index contributed by atoms with van der Waals surface area (Å²) in [4.78, 5) is 0. The van der Waals surface area contributed by atoms with E-state index in [1.165, 1.54) is 12.3 Å². The largest absolute Gasteiger partial charge is 0.469 e. The van der Waals surface area contributed by atoms with Crippen LogP contribution in [-0.4, -0.2) is 0 Å². The summed E-state index contributed by atoms with van der Waals surface area (Å²) in [7, 11) is 0. The van der Waals surface area contributed by atoms with Crippen molar-refractivity contribution in [2.75, 3.05) is 0 Å². The molecule has 0 bridgehead atoms. The normalized spacial score (nSPS) is 13.4. The van der Waals surface area contributed by atoms with Crippen LogP contribution >= 0.6 is 15.9 Å². The summed E-state index contributed by atoms with van der Waals surface area (Å²) < 4.78 is 44.0. The summed E-state index contributed by atoms with van der Waals surface area (Å²) >= 11 is 3.25. The number of benzene rings is 1. The van der Waals surface area contributed by atoms with Crippen LogP contribution in [0.25, 0.3) is 0 Å². The number of furan rings is 1. The van der Waals surface area contributed by atoms with Crippen molar-refractivity contribution in [1.82, 2.24) is 5.43 Å². The van der Waals surface area contributed by atoms with Crippen molar-refractivity contribution in [3.8, 4) is 0 Å². The Kier molecular flexibility index (Phi) is 4.52. The molecule has 0 aliphatic carbocycles. The molecule has 1 aromatic carbocycles. The van der Waals surface area contributed by atoms with Gasteiger partial charge in [-0.1, -0.05) is 15.9 Å². The van der Waals surface area contributed by atoms with Crippen molar-refractivity contribution in [3.63, 3.8) is 0 Å². The van der Waals surface area contributed by atoms with Gasteiger partial charge in [-0.3, -0.25) is 11.3 Å². The van der Waals surface area contributed by atoms with Gasteiger partial charge >= 0.3 is 6.18 Å². The van der Waals surface area contributed by atoms with Gasteiger partial charge in [-0.2, -0.15) is 13.2 Å². The van der Waals surface area contributed by atoms with E-state index in [4.69, 9.17) is 10.3 Å². The van der Waals surface area contributed by atoms with Crippen LogP contribution in [0.5, 0.6) is 0 Å². The maximum absolute atomic E-state index is 12.8. The molecule has 20 heavy (non-hydrogen) atoms. The Morgan fingerprint density at radius 2 is 2.05 bits per heavy atom. The topological polar surface area (TPSA) is 51.2 Å². The average Bonchev–Trinajstić information content (AvgIpc) is 2.88. The van der Waals surface area contributed by atoms with E-state index in [0.717, 1.165) is 12.1 Å². The SMILES string of the molecule is NNC(Cc1ccco1)c1cc(C(F)(F)F)ccc1Br. The molecule has 1 unspecified atom stereocenters. The van der Waals surface area contributed by atoms with Crippen LogP contribution in [-0.2, 0) is 12.6 Å². The Morgan fingerprint density at radius 3 is 2.60 bits per heavy atom. The van der Waals surface area contributed by atoms with Crippen LogP contribution in [0.15, 0.2) is 45.5 Å².